The molecule has 0 saturated carbocycles. The summed E-state index contributed by atoms with van der Waals surface area (Å²) in [6.07, 6.45) is 1.21. The minimum atomic E-state index is -1.47. The van der Waals surface area contributed by atoms with E-state index in [1.165, 1.54) is 0 Å². The van der Waals surface area contributed by atoms with Gasteiger partial charge in [0, 0.05) is 23.9 Å². The first-order chi connectivity index (χ1) is 17.3. The minimum absolute atomic E-state index is 0.0858. The highest BCUT2D eigenvalue weighted by atomic mass is 19.1. The highest BCUT2D eigenvalue weighted by molar-refractivity contribution is 6.12. The molecule has 3 aromatic rings. The van der Waals surface area contributed by atoms with Crippen LogP contribution in [0, 0.1) is 5.92 Å². The first kappa shape index (κ1) is 25.0. The highest BCUT2D eigenvalue weighted by Gasteiger charge is 2.51. The van der Waals surface area contributed by atoms with Crippen molar-refractivity contribution in [2.45, 2.75) is 38.3 Å². The van der Waals surface area contributed by atoms with Crippen LogP contribution in [0.2, 0.25) is 0 Å². The third kappa shape index (κ3) is 5.10. The summed E-state index contributed by atoms with van der Waals surface area (Å²) < 4.78 is 18.5. The Labute approximate surface area is 207 Å². The number of hydrogen-bond donors (Lipinski definition) is 1. The number of oxime groups is 1. The van der Waals surface area contributed by atoms with Gasteiger partial charge >= 0.3 is 5.97 Å². The Morgan fingerprint density at radius 1 is 1.08 bits per heavy atom. The summed E-state index contributed by atoms with van der Waals surface area (Å²) in [4.78, 5) is 48.3. The highest BCUT2D eigenvalue weighted by Crippen LogP contribution is 2.35. The summed E-state index contributed by atoms with van der Waals surface area (Å²) in [5.74, 6) is -2.49. The Morgan fingerprint density at radius 2 is 1.81 bits per heavy atom. The molecule has 2 aromatic carbocycles. The van der Waals surface area contributed by atoms with Crippen molar-refractivity contribution in [3.63, 3.8) is 0 Å². The minimum Gasteiger partial charge on any atom is -0.426 e. The van der Waals surface area contributed by atoms with E-state index in [9.17, 15) is 18.8 Å². The number of esters is 1. The Balaban J connectivity index is 1.52. The van der Waals surface area contributed by atoms with E-state index in [0.717, 1.165) is 10.8 Å². The van der Waals surface area contributed by atoms with E-state index in [1.807, 2.05) is 30.3 Å². The van der Waals surface area contributed by atoms with Crippen molar-refractivity contribution in [3.8, 4) is 5.75 Å². The van der Waals surface area contributed by atoms with Gasteiger partial charge in [0.05, 0.1) is 12.1 Å². The summed E-state index contributed by atoms with van der Waals surface area (Å²) in [5, 5.41) is 8.51. The van der Waals surface area contributed by atoms with E-state index in [2.05, 4.69) is 15.5 Å². The number of aromatic nitrogens is 1. The lowest BCUT2D eigenvalue weighted by molar-refractivity contribution is -0.152. The third-order valence-corrected chi connectivity index (χ3v) is 6.18. The molecule has 2 atom stereocenters. The number of benzene rings is 2. The molecule has 2 heterocycles. The lowest BCUT2D eigenvalue weighted by atomic mass is 9.83. The van der Waals surface area contributed by atoms with Crippen molar-refractivity contribution in [3.05, 3.63) is 72.6 Å². The fourth-order valence-electron chi connectivity index (χ4n) is 4.07. The average Bonchev–Trinajstić information content (AvgIpc) is 3.35. The van der Waals surface area contributed by atoms with Gasteiger partial charge < -0.3 is 14.9 Å². The van der Waals surface area contributed by atoms with E-state index < -0.39 is 42.4 Å². The predicted molar refractivity (Wildman–Crippen MR) is 131 cm³/mol. The fraction of sp³-hybridized carbons (Fsp3) is 0.296. The molecule has 1 aromatic heterocycles. The number of fused-ring (bicyclic) bond motifs is 1. The van der Waals surface area contributed by atoms with Crippen molar-refractivity contribution in [2.24, 2.45) is 11.1 Å². The van der Waals surface area contributed by atoms with Crippen molar-refractivity contribution in [1.29, 1.82) is 0 Å². The maximum absolute atomic E-state index is 13.5. The lowest BCUT2D eigenvalue weighted by Gasteiger charge is -2.30. The molecule has 0 saturated heterocycles. The Hall–Kier alpha value is -4.14. The van der Waals surface area contributed by atoms with Crippen molar-refractivity contribution >= 4 is 34.1 Å². The maximum atomic E-state index is 13.5. The molecule has 1 N–H and O–H groups in total. The van der Waals surface area contributed by atoms with Crippen LogP contribution in [0.25, 0.3) is 10.8 Å². The summed E-state index contributed by atoms with van der Waals surface area (Å²) in [5.41, 5.74) is -0.398. The largest absolute Gasteiger partial charge is 0.426 e. The fourth-order valence-corrected chi connectivity index (χ4v) is 4.07. The molecule has 0 bridgehead atoms. The molecule has 9 heteroatoms. The van der Waals surface area contributed by atoms with E-state index in [1.54, 1.807) is 50.4 Å². The Morgan fingerprint density at radius 3 is 2.53 bits per heavy atom. The standard InChI is InChI=1S/C27H26FN3O5/c1-17(2)27(15-22(31-36-27)25-20-11-7-6-8-18(20)12-13-29-25)26(34)30-21(23(32)16-28)14-24(33)35-19-9-4-3-5-10-19/h3-13,17,21H,14-16H2,1-2H3,(H,30,34)/t21-,27+/m0/s1. The lowest BCUT2D eigenvalue weighted by Crippen LogP contribution is -2.56. The number of ketones is 1. The van der Waals surface area contributed by atoms with E-state index >= 15 is 0 Å². The summed E-state index contributed by atoms with van der Waals surface area (Å²) in [7, 11) is 0. The van der Waals surface area contributed by atoms with Crippen molar-refractivity contribution < 1.29 is 28.3 Å². The van der Waals surface area contributed by atoms with Crippen molar-refractivity contribution in [2.75, 3.05) is 6.67 Å². The van der Waals surface area contributed by atoms with Crippen LogP contribution in [-0.4, -0.2) is 46.7 Å². The number of pyridine rings is 1. The number of carbonyl (C=O) groups is 3. The SMILES string of the molecule is CC(C)[C@@]1(C(=O)N[C@@H](CC(=O)Oc2ccccc2)C(=O)CF)CC(c2nccc3ccccc23)=NO1. The van der Waals surface area contributed by atoms with Gasteiger partial charge in [-0.1, -0.05) is 61.5 Å². The molecule has 1 aliphatic heterocycles. The molecule has 0 unspecified atom stereocenters. The molecule has 0 fully saturated rings. The maximum Gasteiger partial charge on any atom is 0.313 e. The molecular formula is C27H26FN3O5. The topological polar surface area (TPSA) is 107 Å². The Kier molecular flexibility index (Phi) is 7.38. The number of rotatable bonds is 9. The molecule has 186 valence electrons. The molecule has 1 aliphatic rings. The van der Waals surface area contributed by atoms with Crippen LogP contribution in [0.4, 0.5) is 4.39 Å². The zero-order valence-electron chi connectivity index (χ0n) is 19.9. The zero-order valence-corrected chi connectivity index (χ0v) is 19.9. The molecular weight excluding hydrogens is 465 g/mol. The summed E-state index contributed by atoms with van der Waals surface area (Å²) in [6.45, 7) is 2.22. The molecule has 0 spiro atoms. The number of carbonyl (C=O) groups excluding carboxylic acids is 3. The number of amides is 1. The second-order valence-electron chi connectivity index (χ2n) is 8.85. The van der Waals surface area contributed by atoms with E-state index in [-0.39, 0.29) is 18.1 Å². The van der Waals surface area contributed by atoms with Crippen LogP contribution >= 0.6 is 0 Å². The number of hydrogen-bond acceptors (Lipinski definition) is 7. The van der Waals surface area contributed by atoms with Gasteiger partial charge in [0.25, 0.3) is 5.91 Å². The second kappa shape index (κ2) is 10.6. The van der Waals surface area contributed by atoms with Gasteiger partial charge in [-0.25, -0.2) is 4.39 Å². The number of nitrogens with zero attached hydrogens (tertiary/aromatic N) is 2. The van der Waals surface area contributed by atoms with E-state index in [0.29, 0.717) is 11.4 Å². The van der Waals surface area contributed by atoms with Crippen LogP contribution in [-0.2, 0) is 19.2 Å². The van der Waals surface area contributed by atoms with Crippen LogP contribution in [0.1, 0.15) is 32.4 Å². The first-order valence-corrected chi connectivity index (χ1v) is 11.6. The molecule has 4 rings (SSSR count). The number of Topliss-reactive ketones (excluding diaryl/α,β-unsaturated/α-hetero) is 1. The van der Waals surface area contributed by atoms with Gasteiger partial charge in [-0.05, 0) is 23.6 Å². The molecule has 1 amide bonds. The van der Waals surface area contributed by atoms with Gasteiger partial charge in [-0.3, -0.25) is 19.4 Å². The monoisotopic (exact) mass is 491 g/mol. The molecule has 0 radical (unpaired) electrons. The third-order valence-electron chi connectivity index (χ3n) is 6.18. The van der Waals surface area contributed by atoms with Gasteiger partial charge in [0.1, 0.15) is 24.2 Å². The first-order valence-electron chi connectivity index (χ1n) is 11.6. The molecule has 36 heavy (non-hydrogen) atoms. The number of para-hydroxylation sites is 1. The molecule has 8 nitrogen and oxygen atoms in total. The van der Waals surface area contributed by atoms with Crippen LogP contribution < -0.4 is 10.1 Å². The summed E-state index contributed by atoms with van der Waals surface area (Å²) in [6, 6.07) is 16.4. The summed E-state index contributed by atoms with van der Waals surface area (Å²) >= 11 is 0. The number of ether oxygens (including phenoxy) is 1. The second-order valence-corrected chi connectivity index (χ2v) is 8.85. The van der Waals surface area contributed by atoms with Crippen molar-refractivity contribution in [1.82, 2.24) is 10.3 Å². The average molecular weight is 492 g/mol. The van der Waals surface area contributed by atoms with Crippen LogP contribution in [0.5, 0.6) is 5.75 Å². The van der Waals surface area contributed by atoms with Crippen LogP contribution in [0.3, 0.4) is 0 Å². The zero-order chi connectivity index (χ0) is 25.7. The molecule has 0 aliphatic carbocycles. The number of halogens is 1. The normalized spacial score (nSPS) is 17.8. The van der Waals surface area contributed by atoms with Gasteiger partial charge in [-0.15, -0.1) is 0 Å². The Bertz CT molecular complexity index is 1310. The van der Waals surface area contributed by atoms with Gasteiger partial charge in [0.2, 0.25) is 5.60 Å². The quantitative estimate of drug-likeness (QED) is 0.361. The van der Waals surface area contributed by atoms with Gasteiger partial charge in [0.15, 0.2) is 5.78 Å². The van der Waals surface area contributed by atoms with Gasteiger partial charge in [-0.2, -0.15) is 0 Å². The van der Waals surface area contributed by atoms with Crippen LogP contribution in [0.15, 0.2) is 72.0 Å². The smallest absolute Gasteiger partial charge is 0.313 e. The predicted octanol–water partition coefficient (Wildman–Crippen LogP) is 3.77. The number of nitrogens with one attached hydrogen (secondary N) is 1. The van der Waals surface area contributed by atoms with E-state index in [4.69, 9.17) is 9.57 Å². The number of alkyl halides is 1.